The first kappa shape index (κ1) is 14.8. The Morgan fingerprint density at radius 2 is 2.09 bits per heavy atom. The lowest BCUT2D eigenvalue weighted by molar-refractivity contribution is 0.248. The minimum Gasteiger partial charge on any atom is -0.373 e. The van der Waals surface area contributed by atoms with Gasteiger partial charge in [-0.05, 0) is 43.1 Å². The zero-order valence-corrected chi connectivity index (χ0v) is 13.2. The van der Waals surface area contributed by atoms with Crippen LogP contribution >= 0.6 is 0 Å². The Balaban J connectivity index is 1.81. The molecule has 5 heteroatoms. The van der Waals surface area contributed by atoms with Gasteiger partial charge in [-0.1, -0.05) is 6.07 Å². The molecule has 5 nitrogen and oxygen atoms in total. The van der Waals surface area contributed by atoms with Crippen molar-refractivity contribution in [2.24, 2.45) is 0 Å². The van der Waals surface area contributed by atoms with E-state index < -0.39 is 0 Å². The summed E-state index contributed by atoms with van der Waals surface area (Å²) in [5.74, 6) is 1.90. The second-order valence-electron chi connectivity index (χ2n) is 5.61. The van der Waals surface area contributed by atoms with E-state index >= 15 is 0 Å². The molecule has 22 heavy (non-hydrogen) atoms. The maximum absolute atomic E-state index is 4.41. The molecule has 0 amide bonds. The molecule has 3 rings (SSSR count). The van der Waals surface area contributed by atoms with Crippen LogP contribution in [0, 0.1) is 0 Å². The summed E-state index contributed by atoms with van der Waals surface area (Å²) in [7, 11) is 3.84. The van der Waals surface area contributed by atoms with Crippen molar-refractivity contribution in [2.75, 3.05) is 31.3 Å². The van der Waals surface area contributed by atoms with Crippen molar-refractivity contribution in [3.63, 3.8) is 0 Å². The predicted molar refractivity (Wildman–Crippen MR) is 90.0 cm³/mol. The Morgan fingerprint density at radius 1 is 1.18 bits per heavy atom. The van der Waals surface area contributed by atoms with Gasteiger partial charge in [0.25, 0.3) is 0 Å². The van der Waals surface area contributed by atoms with E-state index in [2.05, 4.69) is 43.7 Å². The minimum absolute atomic E-state index is 0.458. The number of likely N-dealkylation sites (tertiary alicyclic amines) is 1. The van der Waals surface area contributed by atoms with Crippen molar-refractivity contribution in [2.45, 2.75) is 25.4 Å². The van der Waals surface area contributed by atoms with Gasteiger partial charge in [0, 0.05) is 44.6 Å². The highest BCUT2D eigenvalue weighted by Crippen LogP contribution is 2.34. The van der Waals surface area contributed by atoms with Crippen LogP contribution in [0.15, 0.2) is 36.7 Å². The number of hydrogen-bond donors (Lipinski definition) is 2. The van der Waals surface area contributed by atoms with Crippen molar-refractivity contribution in [3.05, 3.63) is 47.8 Å². The standard InChI is InChI=1S/C17H23N5/c1-18-16-11-13(7-9-20-16)15-6-4-10-22(15)12-14-5-3-8-21-17(14)19-2/h3,5,7-9,11,15H,4,6,10,12H2,1-2H3,(H,18,20)(H,19,21)/t15-/m0/s1. The van der Waals surface area contributed by atoms with Crippen molar-refractivity contribution in [1.29, 1.82) is 0 Å². The summed E-state index contributed by atoms with van der Waals surface area (Å²) in [6, 6.07) is 8.91. The Kier molecular flexibility index (Phi) is 4.53. The molecule has 2 aromatic rings. The van der Waals surface area contributed by atoms with Gasteiger partial charge in [0.15, 0.2) is 0 Å². The van der Waals surface area contributed by atoms with Gasteiger partial charge in [0.05, 0.1) is 0 Å². The number of nitrogens with zero attached hydrogens (tertiary/aromatic N) is 3. The fraction of sp³-hybridized carbons (Fsp3) is 0.412. The summed E-state index contributed by atoms with van der Waals surface area (Å²) in [4.78, 5) is 11.3. The molecule has 0 aliphatic carbocycles. The maximum atomic E-state index is 4.41. The first-order valence-electron chi connectivity index (χ1n) is 7.81. The Hall–Kier alpha value is -2.14. The van der Waals surface area contributed by atoms with E-state index in [4.69, 9.17) is 0 Å². The van der Waals surface area contributed by atoms with E-state index in [-0.39, 0.29) is 0 Å². The normalized spacial score (nSPS) is 18.4. The Morgan fingerprint density at radius 3 is 2.91 bits per heavy atom. The molecule has 1 aliphatic rings. The van der Waals surface area contributed by atoms with Crippen LogP contribution < -0.4 is 10.6 Å². The summed E-state index contributed by atoms with van der Waals surface area (Å²) in [6.45, 7) is 2.05. The summed E-state index contributed by atoms with van der Waals surface area (Å²) < 4.78 is 0. The largest absolute Gasteiger partial charge is 0.373 e. The second-order valence-corrected chi connectivity index (χ2v) is 5.61. The average Bonchev–Trinajstić information content (AvgIpc) is 3.03. The van der Waals surface area contributed by atoms with E-state index in [1.54, 1.807) is 0 Å². The fourth-order valence-electron chi connectivity index (χ4n) is 3.19. The van der Waals surface area contributed by atoms with Gasteiger partial charge in [-0.3, -0.25) is 4.90 Å². The molecule has 0 aromatic carbocycles. The van der Waals surface area contributed by atoms with Crippen LogP contribution in [-0.2, 0) is 6.54 Å². The molecule has 2 aromatic heterocycles. The molecule has 3 heterocycles. The van der Waals surface area contributed by atoms with Gasteiger partial charge in [0.2, 0.25) is 0 Å². The van der Waals surface area contributed by atoms with Gasteiger partial charge in [-0.2, -0.15) is 0 Å². The first-order chi connectivity index (χ1) is 10.8. The molecule has 0 saturated carbocycles. The highest BCUT2D eigenvalue weighted by molar-refractivity contribution is 5.43. The van der Waals surface area contributed by atoms with E-state index in [0.717, 1.165) is 24.7 Å². The van der Waals surface area contributed by atoms with Crippen LogP contribution in [0.3, 0.4) is 0 Å². The van der Waals surface area contributed by atoms with Crippen LogP contribution in [0.1, 0.15) is 30.0 Å². The quantitative estimate of drug-likeness (QED) is 0.889. The molecule has 116 valence electrons. The molecule has 1 atom stereocenters. The molecular weight excluding hydrogens is 274 g/mol. The molecule has 1 fully saturated rings. The van der Waals surface area contributed by atoms with Crippen molar-refractivity contribution < 1.29 is 0 Å². The predicted octanol–water partition coefficient (Wildman–Crippen LogP) is 2.90. The van der Waals surface area contributed by atoms with Crippen molar-refractivity contribution in [3.8, 4) is 0 Å². The molecule has 1 aliphatic heterocycles. The average molecular weight is 297 g/mol. The monoisotopic (exact) mass is 297 g/mol. The van der Waals surface area contributed by atoms with E-state index in [9.17, 15) is 0 Å². The van der Waals surface area contributed by atoms with Gasteiger partial charge < -0.3 is 10.6 Å². The molecule has 2 N–H and O–H groups in total. The Labute approximate surface area is 131 Å². The molecule has 0 radical (unpaired) electrons. The highest BCUT2D eigenvalue weighted by Gasteiger charge is 2.26. The molecule has 0 unspecified atom stereocenters. The lowest BCUT2D eigenvalue weighted by atomic mass is 10.1. The summed E-state index contributed by atoms with van der Waals surface area (Å²) in [5.41, 5.74) is 2.59. The van der Waals surface area contributed by atoms with Crippen molar-refractivity contribution >= 4 is 11.6 Å². The van der Waals surface area contributed by atoms with Gasteiger partial charge >= 0.3 is 0 Å². The third-order valence-electron chi connectivity index (χ3n) is 4.29. The van der Waals surface area contributed by atoms with Crippen LogP contribution in [-0.4, -0.2) is 35.5 Å². The number of pyridine rings is 2. The number of hydrogen-bond acceptors (Lipinski definition) is 5. The molecule has 0 bridgehead atoms. The summed E-state index contributed by atoms with van der Waals surface area (Å²) >= 11 is 0. The highest BCUT2D eigenvalue weighted by atomic mass is 15.2. The van der Waals surface area contributed by atoms with Gasteiger partial charge in [-0.15, -0.1) is 0 Å². The zero-order valence-electron chi connectivity index (χ0n) is 13.2. The third kappa shape index (κ3) is 3.04. The summed E-state index contributed by atoms with van der Waals surface area (Å²) in [5, 5.41) is 6.31. The topological polar surface area (TPSA) is 53.1 Å². The SMILES string of the molecule is CNc1cc([C@@H]2CCCN2Cc2cccnc2NC)ccn1. The maximum Gasteiger partial charge on any atom is 0.130 e. The molecule has 0 spiro atoms. The number of rotatable bonds is 5. The van der Waals surface area contributed by atoms with Crippen LogP contribution in [0.4, 0.5) is 11.6 Å². The minimum atomic E-state index is 0.458. The van der Waals surface area contributed by atoms with Crippen LogP contribution in [0.25, 0.3) is 0 Å². The summed E-state index contributed by atoms with van der Waals surface area (Å²) in [6.07, 6.45) is 6.15. The van der Waals surface area contributed by atoms with Crippen molar-refractivity contribution in [1.82, 2.24) is 14.9 Å². The molecule has 1 saturated heterocycles. The Bertz CT molecular complexity index is 628. The number of aromatic nitrogens is 2. The smallest absolute Gasteiger partial charge is 0.130 e. The number of anilines is 2. The van der Waals surface area contributed by atoms with Gasteiger partial charge in [0.1, 0.15) is 11.6 Å². The van der Waals surface area contributed by atoms with Crippen LogP contribution in [0.5, 0.6) is 0 Å². The first-order valence-corrected chi connectivity index (χ1v) is 7.81. The lowest BCUT2D eigenvalue weighted by Crippen LogP contribution is -2.23. The molecular formula is C17H23N5. The fourth-order valence-corrected chi connectivity index (χ4v) is 3.19. The van der Waals surface area contributed by atoms with E-state index in [1.165, 1.54) is 24.0 Å². The lowest BCUT2D eigenvalue weighted by Gasteiger charge is -2.25. The van der Waals surface area contributed by atoms with E-state index in [1.807, 2.05) is 32.6 Å². The van der Waals surface area contributed by atoms with Gasteiger partial charge in [-0.25, -0.2) is 9.97 Å². The zero-order chi connectivity index (χ0) is 15.4. The number of nitrogens with one attached hydrogen (secondary N) is 2. The second kappa shape index (κ2) is 6.75. The third-order valence-corrected chi connectivity index (χ3v) is 4.29. The van der Waals surface area contributed by atoms with E-state index in [0.29, 0.717) is 6.04 Å². The van der Waals surface area contributed by atoms with Crippen LogP contribution in [0.2, 0.25) is 0 Å².